The first-order valence-corrected chi connectivity index (χ1v) is 2.33. The summed E-state index contributed by atoms with van der Waals surface area (Å²) in [5, 5.41) is 0. The Balaban J connectivity index is 2.74. The van der Waals surface area contributed by atoms with Gasteiger partial charge in [0.05, 0.1) is 0 Å². The Morgan fingerprint density at radius 1 is 2.00 bits per heavy atom. The van der Waals surface area contributed by atoms with Gasteiger partial charge in [0.25, 0.3) is 0 Å². The van der Waals surface area contributed by atoms with Gasteiger partial charge in [0.15, 0.2) is 6.29 Å². The van der Waals surface area contributed by atoms with Crippen LogP contribution in [0, 0.1) is 0 Å². The van der Waals surface area contributed by atoms with Crippen LogP contribution < -0.4 is 0 Å². The van der Waals surface area contributed by atoms with Crippen LogP contribution in [-0.4, -0.2) is 10.7 Å². The number of rotatable bonds is 1. The molecule has 0 aliphatic carbocycles. The molecular formula is C3H3NOS. The minimum atomic E-state index is 0.773. The Hall–Kier alpha value is -0.570. The molecule has 0 saturated carbocycles. The van der Waals surface area contributed by atoms with Crippen LogP contribution in [0.2, 0.25) is 0 Å². The molecule has 0 amide bonds. The van der Waals surface area contributed by atoms with Crippen LogP contribution >= 0.6 is 11.5 Å². The molecule has 3 heteroatoms. The normalized spacial score (nSPS) is 8.67. The molecule has 0 unspecified atom stereocenters. The molecule has 2 nitrogen and oxygen atoms in total. The van der Waals surface area contributed by atoms with Crippen molar-refractivity contribution in [3.05, 3.63) is 11.1 Å². The number of aromatic amines is 1. The second kappa shape index (κ2) is 1.26. The molecule has 1 rings (SSSR count). The zero-order chi connectivity index (χ0) is 4.41. The molecule has 6 heavy (non-hydrogen) atoms. The van der Waals surface area contributed by atoms with Crippen molar-refractivity contribution in [2.45, 2.75) is 0 Å². The molecule has 0 bridgehead atoms. The number of carbonyl (C=O) groups is 1. The Morgan fingerprint density at radius 2 is 2.67 bits per heavy atom. The van der Waals surface area contributed by atoms with E-state index in [4.69, 9.17) is 0 Å². The van der Waals surface area contributed by atoms with Crippen LogP contribution in [0.1, 0.15) is 9.67 Å². The molecule has 0 radical (unpaired) electrons. The minimum Gasteiger partial charge on any atom is -0.316 e. The SMILES string of the molecule is O=Cc1c[nH]s1. The fourth-order valence-corrected chi connectivity index (χ4v) is 0.487. The average molecular weight is 101 g/mol. The van der Waals surface area contributed by atoms with E-state index in [9.17, 15) is 4.79 Å². The predicted molar refractivity (Wildman–Crippen MR) is 24.1 cm³/mol. The van der Waals surface area contributed by atoms with Gasteiger partial charge in [-0.25, -0.2) is 0 Å². The van der Waals surface area contributed by atoms with Crippen molar-refractivity contribution < 1.29 is 4.79 Å². The van der Waals surface area contributed by atoms with Crippen molar-refractivity contribution in [2.75, 3.05) is 0 Å². The molecule has 0 fully saturated rings. The summed E-state index contributed by atoms with van der Waals surface area (Å²) >= 11 is 1.35. The lowest BCUT2D eigenvalue weighted by atomic mass is 10.6. The fourth-order valence-electron chi connectivity index (χ4n) is 0.185. The van der Waals surface area contributed by atoms with E-state index >= 15 is 0 Å². The summed E-state index contributed by atoms with van der Waals surface area (Å²) in [6, 6.07) is 0. The molecule has 0 saturated heterocycles. The molecule has 1 aromatic rings. The third kappa shape index (κ3) is 0.367. The highest BCUT2D eigenvalue weighted by atomic mass is 32.1. The monoisotopic (exact) mass is 101 g/mol. The van der Waals surface area contributed by atoms with E-state index in [1.165, 1.54) is 11.5 Å². The first-order chi connectivity index (χ1) is 2.93. The summed E-state index contributed by atoms with van der Waals surface area (Å²) < 4.78 is 2.74. The lowest BCUT2D eigenvalue weighted by Gasteiger charge is -1.85. The van der Waals surface area contributed by atoms with Crippen LogP contribution in [0.15, 0.2) is 6.20 Å². The van der Waals surface area contributed by atoms with Crippen LogP contribution in [0.25, 0.3) is 0 Å². The van der Waals surface area contributed by atoms with Crippen LogP contribution in [-0.2, 0) is 0 Å². The zero-order valence-corrected chi connectivity index (χ0v) is 3.79. The molecule has 1 aromatic heterocycles. The Bertz CT molecular complexity index is 123. The summed E-state index contributed by atoms with van der Waals surface area (Å²) in [5.41, 5.74) is 0. The molecule has 1 N–H and O–H groups in total. The Morgan fingerprint density at radius 3 is 2.67 bits per heavy atom. The van der Waals surface area contributed by atoms with Gasteiger partial charge < -0.3 is 4.37 Å². The number of hydrogen-bond donors (Lipinski definition) is 1. The summed E-state index contributed by atoms with van der Waals surface area (Å²) in [6.45, 7) is 0. The summed E-state index contributed by atoms with van der Waals surface area (Å²) in [4.78, 5) is 10.4. The van der Waals surface area contributed by atoms with Crippen molar-refractivity contribution in [1.82, 2.24) is 4.37 Å². The minimum absolute atomic E-state index is 0.773. The van der Waals surface area contributed by atoms with Crippen LogP contribution in [0.4, 0.5) is 0 Å². The highest BCUT2D eigenvalue weighted by Crippen LogP contribution is 1.99. The first kappa shape index (κ1) is 3.61. The largest absolute Gasteiger partial charge is 0.316 e. The van der Waals surface area contributed by atoms with E-state index < -0.39 is 0 Å². The number of nitrogens with one attached hydrogen (secondary N) is 1. The lowest BCUT2D eigenvalue weighted by Crippen LogP contribution is -1.77. The maximum atomic E-state index is 9.66. The first-order valence-electron chi connectivity index (χ1n) is 1.51. The van der Waals surface area contributed by atoms with Crippen molar-refractivity contribution in [1.29, 1.82) is 0 Å². The molecule has 0 aliphatic rings. The molecular weight excluding hydrogens is 98.1 g/mol. The summed E-state index contributed by atoms with van der Waals surface area (Å²) in [5.74, 6) is 0. The van der Waals surface area contributed by atoms with E-state index in [0.717, 1.165) is 11.2 Å². The van der Waals surface area contributed by atoms with Crippen LogP contribution in [0.3, 0.4) is 0 Å². The number of carbonyl (C=O) groups excluding carboxylic acids is 1. The van der Waals surface area contributed by atoms with Crippen molar-refractivity contribution in [3.63, 3.8) is 0 Å². The van der Waals surface area contributed by atoms with Crippen LogP contribution in [0.5, 0.6) is 0 Å². The summed E-state index contributed by atoms with van der Waals surface area (Å²) in [6.07, 6.45) is 2.48. The zero-order valence-electron chi connectivity index (χ0n) is 2.97. The van der Waals surface area contributed by atoms with E-state index in [2.05, 4.69) is 4.37 Å². The molecule has 32 valence electrons. The van der Waals surface area contributed by atoms with E-state index in [0.29, 0.717) is 0 Å². The molecule has 0 spiro atoms. The van der Waals surface area contributed by atoms with Crippen molar-refractivity contribution in [2.24, 2.45) is 0 Å². The smallest absolute Gasteiger partial charge is 0.163 e. The Labute approximate surface area is 38.9 Å². The van der Waals surface area contributed by atoms with Gasteiger partial charge >= 0.3 is 0 Å². The van der Waals surface area contributed by atoms with Gasteiger partial charge in [-0.05, 0) is 0 Å². The van der Waals surface area contributed by atoms with Crippen molar-refractivity contribution in [3.8, 4) is 0 Å². The number of aromatic nitrogens is 1. The maximum absolute atomic E-state index is 9.66. The van der Waals surface area contributed by atoms with Gasteiger partial charge in [-0.1, -0.05) is 11.5 Å². The second-order valence-corrected chi connectivity index (χ2v) is 1.80. The number of aldehydes is 1. The lowest BCUT2D eigenvalue weighted by molar-refractivity contribution is 0.112. The Kier molecular flexibility index (Phi) is 0.759. The molecule has 1 heterocycles. The topological polar surface area (TPSA) is 32.9 Å². The van der Waals surface area contributed by atoms with Gasteiger partial charge in [-0.2, -0.15) is 0 Å². The average Bonchev–Trinajstić information content (AvgIpc) is 1.31. The van der Waals surface area contributed by atoms with Gasteiger partial charge in [0.1, 0.15) is 4.88 Å². The van der Waals surface area contributed by atoms with E-state index in [-0.39, 0.29) is 0 Å². The summed E-state index contributed by atoms with van der Waals surface area (Å²) in [7, 11) is 0. The highest BCUT2D eigenvalue weighted by Gasteiger charge is 1.86. The molecule has 0 aromatic carbocycles. The second-order valence-electron chi connectivity index (χ2n) is 0.884. The van der Waals surface area contributed by atoms with Gasteiger partial charge in [-0.3, -0.25) is 4.79 Å². The fraction of sp³-hybridized carbons (Fsp3) is 0. The number of H-pyrrole nitrogens is 1. The van der Waals surface area contributed by atoms with E-state index in [1.807, 2.05) is 0 Å². The van der Waals surface area contributed by atoms with Gasteiger partial charge in [0, 0.05) is 6.20 Å². The number of hydrogen-bond acceptors (Lipinski definition) is 2. The van der Waals surface area contributed by atoms with E-state index in [1.54, 1.807) is 6.20 Å². The van der Waals surface area contributed by atoms with Gasteiger partial charge in [-0.15, -0.1) is 0 Å². The van der Waals surface area contributed by atoms with Crippen molar-refractivity contribution >= 4 is 17.8 Å². The third-order valence-corrected chi connectivity index (χ3v) is 1.18. The standard InChI is InChI=1S/C3H3NOS/c5-2-3-1-4-6-3/h1-2,4H. The quantitative estimate of drug-likeness (QED) is 0.523. The maximum Gasteiger partial charge on any atom is 0.163 e. The molecule has 0 atom stereocenters. The highest BCUT2D eigenvalue weighted by molar-refractivity contribution is 7.08. The predicted octanol–water partition coefficient (Wildman–Crippen LogP) is 0.889. The molecule has 0 aliphatic heterocycles. The van der Waals surface area contributed by atoms with Gasteiger partial charge in [0.2, 0.25) is 0 Å². The third-order valence-electron chi connectivity index (χ3n) is 0.494.